The highest BCUT2D eigenvalue weighted by atomic mass is 16.3. The minimum atomic E-state index is 0.0623. The van der Waals surface area contributed by atoms with E-state index in [4.69, 9.17) is 4.42 Å². The molecule has 2 rings (SSSR count). The van der Waals surface area contributed by atoms with Gasteiger partial charge in [-0.3, -0.25) is 4.79 Å². The fourth-order valence-electron chi connectivity index (χ4n) is 2.12. The van der Waals surface area contributed by atoms with Crippen molar-refractivity contribution in [3.63, 3.8) is 0 Å². The summed E-state index contributed by atoms with van der Waals surface area (Å²) in [5.74, 6) is 0.769. The molecule has 1 heterocycles. The van der Waals surface area contributed by atoms with Crippen molar-refractivity contribution in [2.75, 3.05) is 0 Å². The van der Waals surface area contributed by atoms with Crippen LogP contribution in [0.1, 0.15) is 49.4 Å². The molecule has 0 unspecified atom stereocenters. The Hall–Kier alpha value is -1.57. The molecule has 0 amide bonds. The Morgan fingerprint density at radius 1 is 1.24 bits per heavy atom. The molecule has 1 aromatic heterocycles. The van der Waals surface area contributed by atoms with Gasteiger partial charge in [0.25, 0.3) is 0 Å². The van der Waals surface area contributed by atoms with Gasteiger partial charge in [0.15, 0.2) is 5.78 Å². The summed E-state index contributed by atoms with van der Waals surface area (Å²) in [5, 5.41) is 0.933. The molecular formula is C15H18O2. The minimum absolute atomic E-state index is 0.0623. The SMILES string of the molecule is CC(=O)c1c(C)oc2ccc(C(C)(C)C)cc12. The van der Waals surface area contributed by atoms with Crippen molar-refractivity contribution in [1.29, 1.82) is 0 Å². The first-order chi connectivity index (χ1) is 7.80. The van der Waals surface area contributed by atoms with E-state index in [0.29, 0.717) is 11.3 Å². The van der Waals surface area contributed by atoms with Gasteiger partial charge in [-0.15, -0.1) is 0 Å². The molecule has 0 saturated heterocycles. The maximum Gasteiger partial charge on any atom is 0.163 e. The summed E-state index contributed by atoms with van der Waals surface area (Å²) in [6.45, 7) is 9.91. The lowest BCUT2D eigenvalue weighted by molar-refractivity contribution is 0.101. The highest BCUT2D eigenvalue weighted by Gasteiger charge is 2.19. The summed E-state index contributed by atoms with van der Waals surface area (Å²) in [5.41, 5.74) is 2.80. The molecule has 0 atom stereocenters. The predicted octanol–water partition coefficient (Wildman–Crippen LogP) is 4.24. The van der Waals surface area contributed by atoms with E-state index in [-0.39, 0.29) is 11.2 Å². The summed E-state index contributed by atoms with van der Waals surface area (Å²) in [6, 6.07) is 6.09. The van der Waals surface area contributed by atoms with Crippen molar-refractivity contribution < 1.29 is 9.21 Å². The average Bonchev–Trinajstić information content (AvgIpc) is 2.50. The molecular weight excluding hydrogens is 212 g/mol. The Labute approximate surface area is 102 Å². The summed E-state index contributed by atoms with van der Waals surface area (Å²) in [7, 11) is 0. The third kappa shape index (κ3) is 1.99. The molecule has 0 fully saturated rings. The number of rotatable bonds is 1. The zero-order chi connectivity index (χ0) is 12.8. The molecule has 0 spiro atoms. The molecule has 2 heteroatoms. The number of carbonyl (C=O) groups is 1. The molecule has 2 nitrogen and oxygen atoms in total. The average molecular weight is 230 g/mol. The van der Waals surface area contributed by atoms with E-state index in [0.717, 1.165) is 11.0 Å². The van der Waals surface area contributed by atoms with Gasteiger partial charge in [-0.25, -0.2) is 0 Å². The van der Waals surface area contributed by atoms with Crippen molar-refractivity contribution in [1.82, 2.24) is 0 Å². The molecule has 90 valence electrons. The van der Waals surface area contributed by atoms with Gasteiger partial charge in [-0.1, -0.05) is 26.8 Å². The number of carbonyl (C=O) groups excluding carboxylic acids is 1. The first-order valence-electron chi connectivity index (χ1n) is 5.85. The summed E-state index contributed by atoms with van der Waals surface area (Å²) < 4.78 is 5.61. The van der Waals surface area contributed by atoms with Crippen LogP contribution in [0, 0.1) is 6.92 Å². The van der Waals surface area contributed by atoms with Crippen LogP contribution in [0.25, 0.3) is 11.0 Å². The molecule has 0 radical (unpaired) electrons. The van der Waals surface area contributed by atoms with Crippen LogP contribution in [0.3, 0.4) is 0 Å². The van der Waals surface area contributed by atoms with Crippen LogP contribution < -0.4 is 0 Å². The Balaban J connectivity index is 2.75. The van der Waals surface area contributed by atoms with Crippen LogP contribution in [0.2, 0.25) is 0 Å². The van der Waals surface area contributed by atoms with E-state index in [2.05, 4.69) is 32.9 Å². The van der Waals surface area contributed by atoms with Gasteiger partial charge in [0.1, 0.15) is 11.3 Å². The number of fused-ring (bicyclic) bond motifs is 1. The van der Waals surface area contributed by atoms with Crippen molar-refractivity contribution in [2.45, 2.75) is 40.0 Å². The van der Waals surface area contributed by atoms with Crippen LogP contribution in [0.4, 0.5) is 0 Å². The lowest BCUT2D eigenvalue weighted by atomic mass is 9.86. The van der Waals surface area contributed by atoms with Crippen LogP contribution >= 0.6 is 0 Å². The zero-order valence-corrected chi connectivity index (χ0v) is 11.0. The van der Waals surface area contributed by atoms with E-state index >= 15 is 0 Å². The Bertz CT molecular complexity index is 583. The third-order valence-corrected chi connectivity index (χ3v) is 3.08. The van der Waals surface area contributed by atoms with Crippen molar-refractivity contribution in [2.24, 2.45) is 0 Å². The summed E-state index contributed by atoms with van der Waals surface area (Å²) >= 11 is 0. The number of ketones is 1. The first kappa shape index (κ1) is 11.9. The van der Waals surface area contributed by atoms with Crippen LogP contribution in [-0.4, -0.2) is 5.78 Å². The van der Waals surface area contributed by atoms with E-state index < -0.39 is 0 Å². The van der Waals surface area contributed by atoms with E-state index in [1.165, 1.54) is 5.56 Å². The smallest absolute Gasteiger partial charge is 0.163 e. The molecule has 0 saturated carbocycles. The molecule has 1 aromatic carbocycles. The lowest BCUT2D eigenvalue weighted by Gasteiger charge is -2.18. The van der Waals surface area contributed by atoms with Gasteiger partial charge in [0.05, 0.1) is 5.56 Å². The van der Waals surface area contributed by atoms with Crippen molar-refractivity contribution in [3.8, 4) is 0 Å². The maximum absolute atomic E-state index is 11.6. The highest BCUT2D eigenvalue weighted by molar-refractivity contribution is 6.07. The van der Waals surface area contributed by atoms with Gasteiger partial charge in [0.2, 0.25) is 0 Å². The molecule has 17 heavy (non-hydrogen) atoms. The third-order valence-electron chi connectivity index (χ3n) is 3.08. The molecule has 0 N–H and O–H groups in total. The maximum atomic E-state index is 11.6. The summed E-state index contributed by atoms with van der Waals surface area (Å²) in [4.78, 5) is 11.6. The number of hydrogen-bond donors (Lipinski definition) is 0. The second kappa shape index (κ2) is 3.73. The van der Waals surface area contributed by atoms with Gasteiger partial charge >= 0.3 is 0 Å². The topological polar surface area (TPSA) is 30.2 Å². The van der Waals surface area contributed by atoms with Crippen molar-refractivity contribution >= 4 is 16.8 Å². The Morgan fingerprint density at radius 2 is 1.88 bits per heavy atom. The van der Waals surface area contributed by atoms with Gasteiger partial charge < -0.3 is 4.42 Å². The van der Waals surface area contributed by atoms with E-state index in [1.54, 1.807) is 6.92 Å². The Morgan fingerprint density at radius 3 is 2.41 bits per heavy atom. The highest BCUT2D eigenvalue weighted by Crippen LogP contribution is 2.31. The number of furan rings is 1. The normalized spacial score (nSPS) is 12.1. The number of benzene rings is 1. The standard InChI is InChI=1S/C15H18O2/c1-9(16)14-10(2)17-13-7-6-11(8-12(13)14)15(3,4)5/h6-8H,1-5H3. The molecule has 2 aromatic rings. The van der Waals surface area contributed by atoms with Gasteiger partial charge in [-0.05, 0) is 37.0 Å². The monoisotopic (exact) mass is 230 g/mol. The zero-order valence-electron chi connectivity index (χ0n) is 11.0. The molecule has 0 aliphatic carbocycles. The quantitative estimate of drug-likeness (QED) is 0.686. The molecule has 0 aliphatic rings. The molecule has 0 aliphatic heterocycles. The van der Waals surface area contributed by atoms with Gasteiger partial charge in [0, 0.05) is 5.39 Å². The van der Waals surface area contributed by atoms with Crippen LogP contribution in [0.5, 0.6) is 0 Å². The van der Waals surface area contributed by atoms with Gasteiger partial charge in [-0.2, -0.15) is 0 Å². The first-order valence-corrected chi connectivity index (χ1v) is 5.85. The Kier molecular flexibility index (Phi) is 2.61. The number of Topliss-reactive ketones (excluding diaryl/α,β-unsaturated/α-hetero) is 1. The predicted molar refractivity (Wildman–Crippen MR) is 69.7 cm³/mol. The van der Waals surface area contributed by atoms with E-state index in [9.17, 15) is 4.79 Å². The minimum Gasteiger partial charge on any atom is -0.461 e. The number of aryl methyl sites for hydroxylation is 1. The van der Waals surface area contributed by atoms with Crippen LogP contribution in [-0.2, 0) is 5.41 Å². The van der Waals surface area contributed by atoms with E-state index in [1.807, 2.05) is 13.0 Å². The fourth-order valence-corrected chi connectivity index (χ4v) is 2.12. The van der Waals surface area contributed by atoms with Crippen LogP contribution in [0.15, 0.2) is 22.6 Å². The summed E-state index contributed by atoms with van der Waals surface area (Å²) in [6.07, 6.45) is 0. The lowest BCUT2D eigenvalue weighted by Crippen LogP contribution is -2.10. The fraction of sp³-hybridized carbons (Fsp3) is 0.400. The largest absolute Gasteiger partial charge is 0.461 e. The second-order valence-corrected chi connectivity index (χ2v) is 5.55. The number of hydrogen-bond acceptors (Lipinski definition) is 2. The molecule has 0 bridgehead atoms. The van der Waals surface area contributed by atoms with Crippen molar-refractivity contribution in [3.05, 3.63) is 35.1 Å². The second-order valence-electron chi connectivity index (χ2n) is 5.55.